The Labute approximate surface area is 178 Å². The lowest BCUT2D eigenvalue weighted by molar-refractivity contribution is -0.120. The van der Waals surface area contributed by atoms with Gasteiger partial charge in [0.1, 0.15) is 10.8 Å². The molecule has 0 saturated heterocycles. The second-order valence-electron chi connectivity index (χ2n) is 7.06. The number of primary amides is 1. The second kappa shape index (κ2) is 9.64. The van der Waals surface area contributed by atoms with Gasteiger partial charge in [0.05, 0.1) is 17.3 Å². The minimum Gasteiger partial charge on any atom is -0.366 e. The molecule has 0 aliphatic carbocycles. The van der Waals surface area contributed by atoms with Crippen molar-refractivity contribution in [1.29, 1.82) is 0 Å². The van der Waals surface area contributed by atoms with E-state index in [1.165, 1.54) is 23.5 Å². The van der Waals surface area contributed by atoms with Crippen molar-refractivity contribution in [2.75, 3.05) is 18.9 Å². The van der Waals surface area contributed by atoms with E-state index in [2.05, 4.69) is 15.5 Å². The van der Waals surface area contributed by atoms with E-state index in [4.69, 9.17) is 5.73 Å². The van der Waals surface area contributed by atoms with Crippen LogP contribution in [0.5, 0.6) is 0 Å². The maximum absolute atomic E-state index is 13.1. The van der Waals surface area contributed by atoms with E-state index in [0.29, 0.717) is 17.1 Å². The highest BCUT2D eigenvalue weighted by atomic mass is 32.1. The Bertz CT molecular complexity index is 1010. The third-order valence-electron chi connectivity index (χ3n) is 4.94. The Morgan fingerprint density at radius 3 is 2.73 bits per heavy atom. The molecule has 3 rings (SSSR count). The first kappa shape index (κ1) is 21.7. The Kier molecular flexibility index (Phi) is 6.96. The molecular formula is C21H24FN5O2S. The summed E-state index contributed by atoms with van der Waals surface area (Å²) in [5.41, 5.74) is 8.24. The number of rotatable bonds is 9. The number of nitrogens with one attached hydrogen (secondary N) is 2. The van der Waals surface area contributed by atoms with Gasteiger partial charge >= 0.3 is 0 Å². The third kappa shape index (κ3) is 5.31. The number of amides is 2. The van der Waals surface area contributed by atoms with Gasteiger partial charge in [0.15, 0.2) is 0 Å². The summed E-state index contributed by atoms with van der Waals surface area (Å²) in [6.07, 6.45) is 1.59. The van der Waals surface area contributed by atoms with Crippen LogP contribution in [0.3, 0.4) is 0 Å². The maximum Gasteiger partial charge on any atom is 0.251 e. The molecule has 0 radical (unpaired) electrons. The highest BCUT2D eigenvalue weighted by molar-refractivity contribution is 7.14. The molecule has 0 bridgehead atoms. The molecule has 0 fully saturated rings. The molecule has 1 unspecified atom stereocenters. The Morgan fingerprint density at radius 2 is 2.03 bits per heavy atom. The molecule has 0 aliphatic rings. The van der Waals surface area contributed by atoms with E-state index in [1.54, 1.807) is 23.6 Å². The lowest BCUT2D eigenvalue weighted by atomic mass is 10.1. The standard InChI is InChI=1S/C21H24FN5O2S/c1-13(20(29)24-21-17(19(23)28)9-11-30-21)27(2)10-3-4-16-12-18(26-25-16)14-5-7-15(22)8-6-14/h5-9,11-13H,3-4,10H2,1-2H3,(H2,23,28)(H,24,29)(H,25,26). The number of benzene rings is 1. The van der Waals surface area contributed by atoms with Crippen LogP contribution < -0.4 is 11.1 Å². The van der Waals surface area contributed by atoms with Crippen molar-refractivity contribution in [2.24, 2.45) is 5.73 Å². The number of nitrogens with two attached hydrogens (primary N) is 1. The van der Waals surface area contributed by atoms with E-state index >= 15 is 0 Å². The molecule has 158 valence electrons. The SMILES string of the molecule is CC(C(=O)Nc1sccc1C(N)=O)N(C)CCCc1cc(-c2ccc(F)cc2)n[nH]1. The van der Waals surface area contributed by atoms with Gasteiger partial charge in [-0.2, -0.15) is 5.10 Å². The van der Waals surface area contributed by atoms with Gasteiger partial charge in [-0.25, -0.2) is 4.39 Å². The van der Waals surface area contributed by atoms with Crippen LogP contribution in [-0.2, 0) is 11.2 Å². The van der Waals surface area contributed by atoms with E-state index in [1.807, 2.05) is 24.9 Å². The second-order valence-corrected chi connectivity index (χ2v) is 7.98. The van der Waals surface area contributed by atoms with Gasteiger partial charge in [-0.1, -0.05) is 0 Å². The summed E-state index contributed by atoms with van der Waals surface area (Å²) >= 11 is 1.27. The van der Waals surface area contributed by atoms with Crippen molar-refractivity contribution in [3.8, 4) is 11.3 Å². The summed E-state index contributed by atoms with van der Waals surface area (Å²) < 4.78 is 13.1. The molecule has 2 amide bonds. The molecule has 2 aromatic heterocycles. The molecule has 4 N–H and O–H groups in total. The van der Waals surface area contributed by atoms with Crippen LogP contribution in [0.25, 0.3) is 11.3 Å². The topological polar surface area (TPSA) is 104 Å². The molecule has 30 heavy (non-hydrogen) atoms. The Morgan fingerprint density at radius 1 is 1.30 bits per heavy atom. The number of aryl methyl sites for hydroxylation is 1. The van der Waals surface area contributed by atoms with Gasteiger partial charge in [-0.05, 0) is 75.1 Å². The normalized spacial score (nSPS) is 12.1. The summed E-state index contributed by atoms with van der Waals surface area (Å²) in [6.45, 7) is 2.52. The summed E-state index contributed by atoms with van der Waals surface area (Å²) in [5.74, 6) is -1.03. The van der Waals surface area contributed by atoms with E-state index < -0.39 is 5.91 Å². The fourth-order valence-corrected chi connectivity index (χ4v) is 3.78. The number of aromatic nitrogens is 2. The summed E-state index contributed by atoms with van der Waals surface area (Å²) in [5, 5.41) is 12.3. The van der Waals surface area contributed by atoms with E-state index in [0.717, 1.165) is 29.8 Å². The Balaban J connectivity index is 1.48. The molecule has 2 heterocycles. The summed E-state index contributed by atoms with van der Waals surface area (Å²) in [4.78, 5) is 25.8. The number of thiophene rings is 1. The van der Waals surface area contributed by atoms with Gasteiger partial charge in [-0.15, -0.1) is 11.3 Å². The smallest absolute Gasteiger partial charge is 0.251 e. The largest absolute Gasteiger partial charge is 0.366 e. The minimum atomic E-state index is -0.563. The van der Waals surface area contributed by atoms with Gasteiger partial charge in [-0.3, -0.25) is 19.6 Å². The quantitative estimate of drug-likeness (QED) is 0.486. The van der Waals surface area contributed by atoms with Crippen LogP contribution in [0.15, 0.2) is 41.8 Å². The van der Waals surface area contributed by atoms with Gasteiger partial charge in [0.25, 0.3) is 5.91 Å². The number of hydrogen-bond donors (Lipinski definition) is 3. The van der Waals surface area contributed by atoms with E-state index in [-0.39, 0.29) is 17.8 Å². The molecule has 3 aromatic rings. The van der Waals surface area contributed by atoms with Crippen LogP contribution in [0.1, 0.15) is 29.4 Å². The minimum absolute atomic E-state index is 0.192. The molecule has 1 aromatic carbocycles. The third-order valence-corrected chi connectivity index (χ3v) is 5.77. The van der Waals surface area contributed by atoms with Crippen molar-refractivity contribution in [3.05, 3.63) is 58.9 Å². The molecule has 0 spiro atoms. The fraction of sp³-hybridized carbons (Fsp3) is 0.286. The first-order chi connectivity index (χ1) is 14.3. The zero-order valence-corrected chi connectivity index (χ0v) is 17.6. The van der Waals surface area contributed by atoms with Crippen LogP contribution in [-0.4, -0.2) is 46.5 Å². The number of hydrogen-bond acceptors (Lipinski definition) is 5. The lowest BCUT2D eigenvalue weighted by Crippen LogP contribution is -2.40. The predicted molar refractivity (Wildman–Crippen MR) is 116 cm³/mol. The average Bonchev–Trinajstić information content (AvgIpc) is 3.37. The first-order valence-electron chi connectivity index (χ1n) is 9.53. The van der Waals surface area contributed by atoms with Gasteiger partial charge in [0.2, 0.25) is 5.91 Å². The number of carbonyl (C=O) groups is 2. The number of anilines is 1. The summed E-state index contributed by atoms with van der Waals surface area (Å²) in [6, 6.07) is 9.39. The molecule has 1 atom stereocenters. The molecule has 0 aliphatic heterocycles. The van der Waals surface area contributed by atoms with Crippen molar-refractivity contribution >= 4 is 28.2 Å². The van der Waals surface area contributed by atoms with Gasteiger partial charge < -0.3 is 11.1 Å². The zero-order chi connectivity index (χ0) is 21.7. The number of H-pyrrole nitrogens is 1. The van der Waals surface area contributed by atoms with Crippen molar-refractivity contribution < 1.29 is 14.0 Å². The Hall–Kier alpha value is -3.04. The number of halogens is 1. The number of aromatic amines is 1. The van der Waals surface area contributed by atoms with Crippen LogP contribution in [0, 0.1) is 5.82 Å². The van der Waals surface area contributed by atoms with Crippen molar-refractivity contribution in [1.82, 2.24) is 15.1 Å². The molecule has 9 heteroatoms. The number of carbonyl (C=O) groups excluding carboxylic acids is 2. The predicted octanol–water partition coefficient (Wildman–Crippen LogP) is 3.27. The molecule has 0 saturated carbocycles. The first-order valence-corrected chi connectivity index (χ1v) is 10.4. The van der Waals surface area contributed by atoms with Gasteiger partial charge in [0, 0.05) is 11.3 Å². The number of likely N-dealkylation sites (N-methyl/N-ethyl adjacent to an activating group) is 1. The van der Waals surface area contributed by atoms with Crippen LogP contribution in [0.2, 0.25) is 0 Å². The average molecular weight is 430 g/mol. The monoisotopic (exact) mass is 429 g/mol. The highest BCUT2D eigenvalue weighted by Gasteiger charge is 2.20. The van der Waals surface area contributed by atoms with Crippen LogP contribution >= 0.6 is 11.3 Å². The fourth-order valence-electron chi connectivity index (χ4n) is 2.99. The number of nitrogens with zero attached hydrogens (tertiary/aromatic N) is 2. The summed E-state index contributed by atoms with van der Waals surface area (Å²) in [7, 11) is 1.88. The van der Waals surface area contributed by atoms with Crippen LogP contribution in [0.4, 0.5) is 9.39 Å². The van der Waals surface area contributed by atoms with E-state index in [9.17, 15) is 14.0 Å². The molecular weight excluding hydrogens is 405 g/mol. The molecule has 7 nitrogen and oxygen atoms in total. The van der Waals surface area contributed by atoms with Crippen molar-refractivity contribution in [3.63, 3.8) is 0 Å². The highest BCUT2D eigenvalue weighted by Crippen LogP contribution is 2.23. The zero-order valence-electron chi connectivity index (χ0n) is 16.8. The lowest BCUT2D eigenvalue weighted by Gasteiger charge is -2.23. The maximum atomic E-state index is 13.1. The van der Waals surface area contributed by atoms with Crippen molar-refractivity contribution in [2.45, 2.75) is 25.8 Å².